The molecule has 2 fully saturated rings. The standard InChI is InChI=1S/C20H28N4O2/c1-14-11-23(12-15(2)26-14)19(25)13-24-18(16-5-8-21-9-6-16)10-17-4-3-7-22-20(17)24/h3-4,7,10,14-16,21H,5-6,8-9,11-13H2,1-2H3. The molecule has 1 N–H and O–H groups in total. The van der Waals surface area contributed by atoms with E-state index in [1.165, 1.54) is 5.69 Å². The summed E-state index contributed by atoms with van der Waals surface area (Å²) < 4.78 is 7.92. The van der Waals surface area contributed by atoms with E-state index in [0.29, 0.717) is 25.6 Å². The molecule has 2 aliphatic heterocycles. The molecule has 4 heterocycles. The average Bonchev–Trinajstić information content (AvgIpc) is 3.00. The second-order valence-corrected chi connectivity index (χ2v) is 7.65. The van der Waals surface area contributed by atoms with Gasteiger partial charge in [0.05, 0.1) is 12.2 Å². The summed E-state index contributed by atoms with van der Waals surface area (Å²) in [4.78, 5) is 19.6. The van der Waals surface area contributed by atoms with Crippen molar-refractivity contribution in [1.82, 2.24) is 19.8 Å². The van der Waals surface area contributed by atoms with Gasteiger partial charge in [-0.2, -0.15) is 0 Å². The Kier molecular flexibility index (Phi) is 4.96. The molecule has 140 valence electrons. The molecule has 2 aromatic rings. The lowest BCUT2D eigenvalue weighted by atomic mass is 9.94. The molecule has 2 unspecified atom stereocenters. The first-order valence-electron chi connectivity index (χ1n) is 9.70. The molecular weight excluding hydrogens is 328 g/mol. The Bertz CT molecular complexity index is 771. The van der Waals surface area contributed by atoms with Crippen molar-refractivity contribution in [3.63, 3.8) is 0 Å². The smallest absolute Gasteiger partial charge is 0.242 e. The number of nitrogens with zero attached hydrogens (tertiary/aromatic N) is 3. The predicted molar refractivity (Wildman–Crippen MR) is 101 cm³/mol. The van der Waals surface area contributed by atoms with Crippen molar-refractivity contribution >= 4 is 16.9 Å². The lowest BCUT2D eigenvalue weighted by Crippen LogP contribution is -2.49. The fourth-order valence-corrected chi connectivity index (χ4v) is 4.35. The lowest BCUT2D eigenvalue weighted by molar-refractivity contribution is -0.143. The fraction of sp³-hybridized carbons (Fsp3) is 0.600. The second kappa shape index (κ2) is 7.37. The first-order chi connectivity index (χ1) is 12.6. The summed E-state index contributed by atoms with van der Waals surface area (Å²) in [5.74, 6) is 0.645. The summed E-state index contributed by atoms with van der Waals surface area (Å²) in [7, 11) is 0. The molecule has 6 nitrogen and oxygen atoms in total. The Labute approximate surface area is 154 Å². The number of hydrogen-bond acceptors (Lipinski definition) is 4. The van der Waals surface area contributed by atoms with E-state index in [9.17, 15) is 4.79 Å². The molecule has 2 aliphatic rings. The van der Waals surface area contributed by atoms with E-state index in [4.69, 9.17) is 4.74 Å². The van der Waals surface area contributed by atoms with E-state index >= 15 is 0 Å². The van der Waals surface area contributed by atoms with Gasteiger partial charge < -0.3 is 19.5 Å². The van der Waals surface area contributed by atoms with Crippen LogP contribution in [0, 0.1) is 0 Å². The monoisotopic (exact) mass is 356 g/mol. The van der Waals surface area contributed by atoms with Gasteiger partial charge in [0.25, 0.3) is 0 Å². The zero-order valence-electron chi connectivity index (χ0n) is 15.6. The van der Waals surface area contributed by atoms with Gasteiger partial charge >= 0.3 is 0 Å². The Hall–Kier alpha value is -1.92. The van der Waals surface area contributed by atoms with E-state index in [2.05, 4.69) is 27.0 Å². The molecule has 0 bridgehead atoms. The number of fused-ring (bicyclic) bond motifs is 1. The molecule has 2 saturated heterocycles. The SMILES string of the molecule is CC1CN(C(=O)Cn2c(C3CCNCC3)cc3cccnc32)CC(C)O1. The van der Waals surface area contributed by atoms with Gasteiger partial charge in [-0.15, -0.1) is 0 Å². The van der Waals surface area contributed by atoms with E-state index < -0.39 is 0 Å². The lowest BCUT2D eigenvalue weighted by Gasteiger charge is -2.35. The minimum atomic E-state index is 0.0890. The largest absolute Gasteiger partial charge is 0.372 e. The maximum atomic E-state index is 13.0. The quantitative estimate of drug-likeness (QED) is 0.915. The molecular formula is C20H28N4O2. The van der Waals surface area contributed by atoms with E-state index in [1.807, 2.05) is 31.0 Å². The van der Waals surface area contributed by atoms with Crippen molar-refractivity contribution in [3.05, 3.63) is 30.1 Å². The molecule has 4 rings (SSSR count). The van der Waals surface area contributed by atoms with Gasteiger partial charge in [-0.1, -0.05) is 0 Å². The van der Waals surface area contributed by atoms with Crippen LogP contribution in [-0.4, -0.2) is 58.7 Å². The van der Waals surface area contributed by atoms with Crippen molar-refractivity contribution in [2.75, 3.05) is 26.2 Å². The minimum Gasteiger partial charge on any atom is -0.372 e. The van der Waals surface area contributed by atoms with Crippen molar-refractivity contribution in [2.24, 2.45) is 0 Å². The van der Waals surface area contributed by atoms with E-state index in [-0.39, 0.29) is 18.1 Å². The van der Waals surface area contributed by atoms with Crippen molar-refractivity contribution in [3.8, 4) is 0 Å². The Morgan fingerprint density at radius 3 is 2.73 bits per heavy atom. The average molecular weight is 356 g/mol. The van der Waals surface area contributed by atoms with Gasteiger partial charge in [-0.25, -0.2) is 4.98 Å². The Morgan fingerprint density at radius 1 is 1.27 bits per heavy atom. The summed E-state index contributed by atoms with van der Waals surface area (Å²) in [6, 6.07) is 6.29. The van der Waals surface area contributed by atoms with Gasteiger partial charge in [0.1, 0.15) is 12.2 Å². The third-order valence-corrected chi connectivity index (χ3v) is 5.51. The van der Waals surface area contributed by atoms with Crippen LogP contribution in [0.4, 0.5) is 0 Å². The third kappa shape index (κ3) is 3.48. The normalized spacial score (nSPS) is 24.9. The van der Waals surface area contributed by atoms with Crippen LogP contribution < -0.4 is 5.32 Å². The summed E-state index contributed by atoms with van der Waals surface area (Å²) in [6.07, 6.45) is 4.21. The number of morpholine rings is 1. The summed E-state index contributed by atoms with van der Waals surface area (Å²) in [5, 5.41) is 4.55. The number of hydrogen-bond donors (Lipinski definition) is 1. The molecule has 0 saturated carbocycles. The van der Waals surface area contributed by atoms with E-state index in [1.54, 1.807) is 0 Å². The van der Waals surface area contributed by atoms with Crippen LogP contribution in [-0.2, 0) is 16.1 Å². The van der Waals surface area contributed by atoms with Crippen LogP contribution in [0.5, 0.6) is 0 Å². The number of aromatic nitrogens is 2. The molecule has 6 heteroatoms. The third-order valence-electron chi connectivity index (χ3n) is 5.51. The topological polar surface area (TPSA) is 59.4 Å². The minimum absolute atomic E-state index is 0.0890. The number of nitrogens with one attached hydrogen (secondary N) is 1. The maximum absolute atomic E-state index is 13.0. The number of amides is 1. The molecule has 0 radical (unpaired) electrons. The van der Waals surface area contributed by atoms with Gasteiger partial charge in [0.2, 0.25) is 5.91 Å². The fourth-order valence-electron chi connectivity index (χ4n) is 4.35. The van der Waals surface area contributed by atoms with Crippen LogP contribution in [0.15, 0.2) is 24.4 Å². The molecule has 26 heavy (non-hydrogen) atoms. The van der Waals surface area contributed by atoms with Crippen LogP contribution in [0.1, 0.15) is 38.3 Å². The zero-order chi connectivity index (χ0) is 18.1. The number of ether oxygens (including phenoxy) is 1. The van der Waals surface area contributed by atoms with Crippen molar-refractivity contribution < 1.29 is 9.53 Å². The van der Waals surface area contributed by atoms with Gasteiger partial charge in [0, 0.05) is 36.3 Å². The zero-order valence-corrected chi connectivity index (χ0v) is 15.6. The van der Waals surface area contributed by atoms with Crippen molar-refractivity contribution in [1.29, 1.82) is 0 Å². The number of pyridine rings is 1. The van der Waals surface area contributed by atoms with Crippen LogP contribution >= 0.6 is 0 Å². The number of piperidine rings is 1. The highest BCUT2D eigenvalue weighted by Gasteiger charge is 2.28. The molecule has 0 spiro atoms. The highest BCUT2D eigenvalue weighted by molar-refractivity contribution is 5.82. The highest BCUT2D eigenvalue weighted by atomic mass is 16.5. The molecule has 2 atom stereocenters. The summed E-state index contributed by atoms with van der Waals surface area (Å²) in [5.41, 5.74) is 2.17. The molecule has 0 aromatic carbocycles. The molecule has 2 aromatic heterocycles. The van der Waals surface area contributed by atoms with Crippen LogP contribution in [0.2, 0.25) is 0 Å². The molecule has 0 aliphatic carbocycles. The summed E-state index contributed by atoms with van der Waals surface area (Å²) >= 11 is 0. The predicted octanol–water partition coefficient (Wildman–Crippen LogP) is 2.14. The Balaban J connectivity index is 1.63. The van der Waals surface area contributed by atoms with Crippen LogP contribution in [0.25, 0.3) is 11.0 Å². The Morgan fingerprint density at radius 2 is 2.00 bits per heavy atom. The highest BCUT2D eigenvalue weighted by Crippen LogP contribution is 2.30. The first kappa shape index (κ1) is 17.5. The van der Waals surface area contributed by atoms with Crippen LogP contribution in [0.3, 0.4) is 0 Å². The first-order valence-corrected chi connectivity index (χ1v) is 9.70. The maximum Gasteiger partial charge on any atom is 0.242 e. The van der Waals surface area contributed by atoms with Crippen molar-refractivity contribution in [2.45, 2.75) is 51.4 Å². The summed E-state index contributed by atoms with van der Waals surface area (Å²) in [6.45, 7) is 7.82. The number of rotatable bonds is 3. The van der Waals surface area contributed by atoms with Gasteiger partial charge in [-0.3, -0.25) is 4.79 Å². The number of carbonyl (C=O) groups is 1. The second-order valence-electron chi connectivity index (χ2n) is 7.65. The van der Waals surface area contributed by atoms with Gasteiger partial charge in [0.15, 0.2) is 0 Å². The van der Waals surface area contributed by atoms with E-state index in [0.717, 1.165) is 37.0 Å². The number of carbonyl (C=O) groups excluding carboxylic acids is 1. The van der Waals surface area contributed by atoms with Gasteiger partial charge in [-0.05, 0) is 58.0 Å². The molecule has 1 amide bonds.